The highest BCUT2D eigenvalue weighted by atomic mass is 31.2. The van der Waals surface area contributed by atoms with Crippen LogP contribution in [0.2, 0.25) is 0 Å². The number of phosphoric acid groups is 1. The molecule has 60 heavy (non-hydrogen) atoms. The Morgan fingerprint density at radius 1 is 0.533 bits per heavy atom. The van der Waals surface area contributed by atoms with Gasteiger partial charge in [-0.05, 0) is 89.9 Å². The molecule has 0 aromatic carbocycles. The summed E-state index contributed by atoms with van der Waals surface area (Å²) in [7, 11) is -4.54. The topological polar surface area (TPSA) is 132 Å². The second kappa shape index (κ2) is 45.9. The third kappa shape index (κ3) is 44.9. The maximum atomic E-state index is 12.6. The summed E-state index contributed by atoms with van der Waals surface area (Å²) in [5.74, 6) is -0.445. The number of aliphatic hydroxyl groups is 2. The molecule has 0 aliphatic carbocycles. The van der Waals surface area contributed by atoms with E-state index in [1.807, 2.05) is 6.08 Å². The van der Waals surface area contributed by atoms with E-state index in [-0.39, 0.29) is 13.0 Å². The molecule has 0 aromatic heterocycles. The van der Waals surface area contributed by atoms with Gasteiger partial charge in [0, 0.05) is 13.0 Å². The number of hydrogen-bond donors (Lipinski definition) is 3. The van der Waals surface area contributed by atoms with Gasteiger partial charge in [-0.3, -0.25) is 13.8 Å². The molecule has 0 saturated heterocycles. The minimum Gasteiger partial charge on any atom is -0.457 e. The average molecular weight is 861 g/mol. The second-order valence-corrected chi connectivity index (χ2v) is 16.5. The monoisotopic (exact) mass is 861 g/mol. The van der Waals surface area contributed by atoms with Crippen molar-refractivity contribution >= 4 is 13.8 Å². The van der Waals surface area contributed by atoms with Gasteiger partial charge >= 0.3 is 13.8 Å². The van der Waals surface area contributed by atoms with Crippen molar-refractivity contribution in [1.82, 2.24) is 0 Å². The van der Waals surface area contributed by atoms with Gasteiger partial charge in [0.2, 0.25) is 0 Å². The van der Waals surface area contributed by atoms with E-state index in [9.17, 15) is 19.4 Å². The molecule has 0 aliphatic heterocycles. The predicted octanol–water partition coefficient (Wildman–Crippen LogP) is 13.3. The van der Waals surface area contributed by atoms with Crippen molar-refractivity contribution in [2.45, 2.75) is 180 Å². The zero-order valence-corrected chi connectivity index (χ0v) is 38.5. The zero-order chi connectivity index (χ0) is 43.9. The van der Waals surface area contributed by atoms with E-state index in [1.165, 1.54) is 64.2 Å². The van der Waals surface area contributed by atoms with Gasteiger partial charge in [0.05, 0.1) is 26.4 Å². The van der Waals surface area contributed by atoms with Crippen LogP contribution in [-0.2, 0) is 27.9 Å². The van der Waals surface area contributed by atoms with Crippen LogP contribution < -0.4 is 0 Å². The molecule has 3 N–H and O–H groups in total. The molecule has 3 unspecified atom stereocenters. The number of ether oxygens (including phenoxy) is 2. The number of phosphoric ester groups is 1. The summed E-state index contributed by atoms with van der Waals surface area (Å²) in [6.07, 6.45) is 58.0. The molecule has 0 bridgehead atoms. The van der Waals surface area contributed by atoms with Gasteiger partial charge in [0.15, 0.2) is 0 Å². The summed E-state index contributed by atoms with van der Waals surface area (Å²) in [5, 5.41) is 18.4. The van der Waals surface area contributed by atoms with Crippen LogP contribution in [0.3, 0.4) is 0 Å². The van der Waals surface area contributed by atoms with Crippen LogP contribution in [0.5, 0.6) is 0 Å². The summed E-state index contributed by atoms with van der Waals surface area (Å²) in [6.45, 7) is 3.29. The lowest BCUT2D eigenvalue weighted by Crippen LogP contribution is -2.29. The lowest BCUT2D eigenvalue weighted by molar-refractivity contribution is -0.154. The van der Waals surface area contributed by atoms with Crippen molar-refractivity contribution < 1.29 is 43.0 Å². The number of carbonyl (C=O) groups is 1. The van der Waals surface area contributed by atoms with E-state index < -0.39 is 45.8 Å². The molecule has 0 rings (SSSR count). The van der Waals surface area contributed by atoms with Crippen LogP contribution in [-0.4, -0.2) is 66.3 Å². The van der Waals surface area contributed by atoms with Crippen molar-refractivity contribution in [3.05, 3.63) is 97.2 Å². The normalized spacial score (nSPS) is 14.8. The van der Waals surface area contributed by atoms with Crippen molar-refractivity contribution in [1.29, 1.82) is 0 Å². The third-order valence-electron chi connectivity index (χ3n) is 9.25. The van der Waals surface area contributed by atoms with E-state index >= 15 is 0 Å². The Labute approximate surface area is 366 Å². The van der Waals surface area contributed by atoms with Crippen LogP contribution in [0.4, 0.5) is 0 Å². The smallest absolute Gasteiger partial charge is 0.457 e. The SMILES string of the molecule is CC/C=C\C/C=C\C/C=C\C/C=C\C/C=C\C/C=C\C/C=C\CCCC(=O)OC(COCCCCCCCC/C=C\CCCCCCCC)COP(=O)(O)OCC(O)CO. The van der Waals surface area contributed by atoms with Gasteiger partial charge in [-0.15, -0.1) is 0 Å². The number of hydrogen-bond acceptors (Lipinski definition) is 8. The zero-order valence-electron chi connectivity index (χ0n) is 37.6. The Hall–Kier alpha value is -2.62. The molecule has 0 radical (unpaired) electrons. The molecule has 3 atom stereocenters. The Balaban J connectivity index is 4.29. The molecular weight excluding hydrogens is 776 g/mol. The molecule has 0 aromatic rings. The van der Waals surface area contributed by atoms with Crippen LogP contribution in [0.1, 0.15) is 168 Å². The van der Waals surface area contributed by atoms with Gasteiger partial charge in [0.25, 0.3) is 0 Å². The lowest BCUT2D eigenvalue weighted by atomic mass is 10.1. The molecule has 10 heteroatoms. The molecule has 0 heterocycles. The largest absolute Gasteiger partial charge is 0.472 e. The first-order chi connectivity index (χ1) is 29.3. The maximum absolute atomic E-state index is 12.6. The predicted molar refractivity (Wildman–Crippen MR) is 251 cm³/mol. The fourth-order valence-corrected chi connectivity index (χ4v) is 6.54. The number of esters is 1. The molecule has 0 saturated carbocycles. The summed E-state index contributed by atoms with van der Waals surface area (Å²) in [6, 6.07) is 0. The third-order valence-corrected chi connectivity index (χ3v) is 10.2. The van der Waals surface area contributed by atoms with Gasteiger partial charge < -0.3 is 24.6 Å². The number of rotatable bonds is 43. The van der Waals surface area contributed by atoms with Gasteiger partial charge in [-0.2, -0.15) is 0 Å². The number of allylic oxidation sites excluding steroid dienone is 16. The highest BCUT2D eigenvalue weighted by Gasteiger charge is 2.26. The number of unbranched alkanes of at least 4 members (excludes halogenated alkanes) is 13. The fraction of sp³-hybridized carbons (Fsp3) is 0.660. The second-order valence-electron chi connectivity index (χ2n) is 15.0. The van der Waals surface area contributed by atoms with Crippen LogP contribution in [0.25, 0.3) is 0 Å². The van der Waals surface area contributed by atoms with Gasteiger partial charge in [0.1, 0.15) is 12.2 Å². The van der Waals surface area contributed by atoms with Crippen molar-refractivity contribution in [3.63, 3.8) is 0 Å². The molecule has 9 nitrogen and oxygen atoms in total. The van der Waals surface area contributed by atoms with Crippen molar-refractivity contribution in [2.24, 2.45) is 0 Å². The standard InChI is InChI=1S/C50H85O9P/c1-3-5-7-9-11-13-15-17-19-21-22-23-24-25-26-27-28-30-32-34-36-38-40-42-50(53)59-49(47-58-60(54,55)57-45-48(52)44-51)46-56-43-41-39-37-35-33-31-29-20-18-16-14-12-10-8-6-4-2/h5,7,11,13,17-20,22-23,25-26,28,30,34,36,48-49,51-52H,3-4,6,8-10,12,14-16,21,24,27,29,31-33,35,37-47H2,1-2H3,(H,54,55)/b7-5-,13-11-,19-17-,20-18-,23-22-,26-25-,30-28-,36-34-. The van der Waals surface area contributed by atoms with Crippen molar-refractivity contribution in [3.8, 4) is 0 Å². The number of carbonyl (C=O) groups excluding carboxylic acids is 1. The first kappa shape index (κ1) is 57.4. The van der Waals surface area contributed by atoms with Crippen molar-refractivity contribution in [2.75, 3.05) is 33.0 Å². The maximum Gasteiger partial charge on any atom is 0.472 e. The quantitative estimate of drug-likeness (QED) is 0.0237. The Kier molecular flexibility index (Phi) is 43.9. The summed E-state index contributed by atoms with van der Waals surface area (Å²) < 4.78 is 33.3. The highest BCUT2D eigenvalue weighted by molar-refractivity contribution is 7.47. The Morgan fingerprint density at radius 2 is 0.950 bits per heavy atom. The minimum atomic E-state index is -4.54. The highest BCUT2D eigenvalue weighted by Crippen LogP contribution is 2.43. The van der Waals surface area contributed by atoms with Crippen LogP contribution >= 0.6 is 7.82 Å². The summed E-state index contributed by atoms with van der Waals surface area (Å²) in [5.41, 5.74) is 0. The minimum absolute atomic E-state index is 0.0158. The summed E-state index contributed by atoms with van der Waals surface area (Å²) >= 11 is 0. The number of aliphatic hydroxyl groups excluding tert-OH is 2. The fourth-order valence-electron chi connectivity index (χ4n) is 5.75. The Bertz CT molecular complexity index is 1250. The van der Waals surface area contributed by atoms with Gasteiger partial charge in [-0.25, -0.2) is 4.57 Å². The Morgan fingerprint density at radius 3 is 1.45 bits per heavy atom. The molecule has 0 fully saturated rings. The molecule has 0 aliphatic rings. The molecule has 0 spiro atoms. The first-order valence-electron chi connectivity index (χ1n) is 23.2. The first-order valence-corrected chi connectivity index (χ1v) is 24.7. The van der Waals surface area contributed by atoms with E-state index in [0.717, 1.165) is 77.0 Å². The van der Waals surface area contributed by atoms with Gasteiger partial charge in [-0.1, -0.05) is 169 Å². The van der Waals surface area contributed by atoms with E-state index in [0.29, 0.717) is 13.0 Å². The van der Waals surface area contributed by atoms with E-state index in [4.69, 9.17) is 23.6 Å². The van der Waals surface area contributed by atoms with E-state index in [1.54, 1.807) is 0 Å². The molecule has 0 amide bonds. The lowest BCUT2D eigenvalue weighted by Gasteiger charge is -2.20. The molecule has 344 valence electrons. The van der Waals surface area contributed by atoms with Crippen LogP contribution in [0, 0.1) is 0 Å². The summed E-state index contributed by atoms with van der Waals surface area (Å²) in [4.78, 5) is 22.6. The van der Waals surface area contributed by atoms with Crippen LogP contribution in [0.15, 0.2) is 97.2 Å². The average Bonchev–Trinajstić information content (AvgIpc) is 3.24. The molecular formula is C50H85O9P. The van der Waals surface area contributed by atoms with E-state index in [2.05, 4.69) is 105 Å².